The quantitative estimate of drug-likeness (QED) is 0.751. The van der Waals surface area contributed by atoms with E-state index in [1.165, 1.54) is 28.4 Å². The maximum Gasteiger partial charge on any atom is 0.257 e. The minimum atomic E-state index is -0.518. The predicted molar refractivity (Wildman–Crippen MR) is 80.7 cm³/mol. The molecule has 0 radical (unpaired) electrons. The Morgan fingerprint density at radius 2 is 2.10 bits per heavy atom. The Balaban J connectivity index is 2.22. The summed E-state index contributed by atoms with van der Waals surface area (Å²) < 4.78 is 14.4. The normalized spacial score (nSPS) is 10.3. The molecule has 0 fully saturated rings. The summed E-state index contributed by atoms with van der Waals surface area (Å²) >= 11 is 7.28. The first-order valence-corrected chi connectivity index (χ1v) is 7.20. The van der Waals surface area contributed by atoms with Gasteiger partial charge in [-0.25, -0.2) is 4.39 Å². The van der Waals surface area contributed by atoms with Gasteiger partial charge in [0.15, 0.2) is 0 Å². The number of hydrogen-bond donors (Lipinski definition) is 0. The van der Waals surface area contributed by atoms with Crippen molar-refractivity contribution in [2.45, 2.75) is 6.54 Å². The largest absolute Gasteiger partial charge is 0.330 e. The van der Waals surface area contributed by atoms with Gasteiger partial charge < -0.3 is 4.90 Å². The summed E-state index contributed by atoms with van der Waals surface area (Å²) in [5, 5.41) is 0. The minimum Gasteiger partial charge on any atom is -0.330 e. The van der Waals surface area contributed by atoms with Crippen LogP contribution in [-0.4, -0.2) is 17.4 Å². The van der Waals surface area contributed by atoms with Gasteiger partial charge in [0, 0.05) is 11.4 Å². The van der Waals surface area contributed by atoms with Gasteiger partial charge in [0.05, 0.1) is 16.4 Å². The van der Waals surface area contributed by atoms with Crippen molar-refractivity contribution in [2.75, 3.05) is 6.54 Å². The maximum atomic E-state index is 13.7. The lowest BCUT2D eigenvalue weighted by molar-refractivity contribution is 0.0759. The molecular formula is C15H13ClFNOS. The number of nitrogens with zero attached hydrogens (tertiary/aromatic N) is 1. The third-order valence-electron chi connectivity index (χ3n) is 2.72. The van der Waals surface area contributed by atoms with Crippen LogP contribution in [0.1, 0.15) is 15.2 Å². The van der Waals surface area contributed by atoms with Gasteiger partial charge in [0.25, 0.3) is 5.91 Å². The lowest BCUT2D eigenvalue weighted by Gasteiger charge is -2.20. The molecule has 0 saturated carbocycles. The van der Waals surface area contributed by atoms with Gasteiger partial charge >= 0.3 is 0 Å². The first-order chi connectivity index (χ1) is 9.61. The fourth-order valence-corrected chi connectivity index (χ4v) is 2.91. The van der Waals surface area contributed by atoms with E-state index in [-0.39, 0.29) is 11.5 Å². The summed E-state index contributed by atoms with van der Waals surface area (Å²) in [6, 6.07) is 9.60. The van der Waals surface area contributed by atoms with E-state index in [0.717, 1.165) is 4.88 Å². The van der Waals surface area contributed by atoms with Gasteiger partial charge in [-0.2, -0.15) is 0 Å². The van der Waals surface area contributed by atoms with Crippen LogP contribution >= 0.6 is 22.9 Å². The Morgan fingerprint density at radius 1 is 1.35 bits per heavy atom. The number of carbonyl (C=O) groups is 1. The van der Waals surface area contributed by atoms with Crippen molar-refractivity contribution in [1.82, 2.24) is 4.90 Å². The van der Waals surface area contributed by atoms with E-state index in [9.17, 15) is 9.18 Å². The average molecular weight is 310 g/mol. The van der Waals surface area contributed by atoms with Crippen LogP contribution in [0.5, 0.6) is 0 Å². The third kappa shape index (κ3) is 3.46. The fourth-order valence-electron chi connectivity index (χ4n) is 1.80. The van der Waals surface area contributed by atoms with Gasteiger partial charge in [-0.1, -0.05) is 29.8 Å². The molecule has 0 aliphatic rings. The van der Waals surface area contributed by atoms with Crippen molar-refractivity contribution in [1.29, 1.82) is 0 Å². The molecule has 0 N–H and O–H groups in total. The summed E-state index contributed by atoms with van der Waals surface area (Å²) in [5.74, 6) is -0.872. The fraction of sp³-hybridized carbons (Fsp3) is 0.133. The number of amides is 1. The number of halogens is 2. The molecule has 104 valence electrons. The zero-order valence-electron chi connectivity index (χ0n) is 10.7. The van der Waals surface area contributed by atoms with Crippen LogP contribution in [0.25, 0.3) is 0 Å². The predicted octanol–water partition coefficient (Wildman–Crippen LogP) is 4.37. The molecule has 2 nitrogen and oxygen atoms in total. The molecular weight excluding hydrogens is 297 g/mol. The van der Waals surface area contributed by atoms with Crippen molar-refractivity contribution >= 4 is 28.8 Å². The van der Waals surface area contributed by atoms with E-state index in [2.05, 4.69) is 6.58 Å². The zero-order chi connectivity index (χ0) is 14.5. The molecule has 2 rings (SSSR count). The smallest absolute Gasteiger partial charge is 0.257 e. The van der Waals surface area contributed by atoms with Gasteiger partial charge in [-0.05, 0) is 24.3 Å². The monoisotopic (exact) mass is 309 g/mol. The summed E-state index contributed by atoms with van der Waals surface area (Å²) in [5.41, 5.74) is 0.0667. The van der Waals surface area contributed by atoms with Crippen molar-refractivity contribution in [3.63, 3.8) is 0 Å². The standard InChI is InChI=1S/C15H13ClFNOS/c1-2-9-18(10-11-7-8-14(16)20-11)15(19)12-5-3-4-6-13(12)17/h2-8H,1,9-10H2. The molecule has 20 heavy (non-hydrogen) atoms. The second-order valence-corrected chi connectivity index (χ2v) is 5.96. The summed E-state index contributed by atoms with van der Waals surface area (Å²) in [4.78, 5) is 14.9. The highest BCUT2D eigenvalue weighted by Gasteiger charge is 2.18. The molecule has 1 aromatic heterocycles. The van der Waals surface area contributed by atoms with E-state index >= 15 is 0 Å². The Bertz CT molecular complexity index is 626. The van der Waals surface area contributed by atoms with Crippen LogP contribution in [0, 0.1) is 5.82 Å². The zero-order valence-corrected chi connectivity index (χ0v) is 12.3. The second-order valence-electron chi connectivity index (χ2n) is 4.16. The molecule has 0 saturated heterocycles. The molecule has 0 bridgehead atoms. The van der Waals surface area contributed by atoms with Crippen LogP contribution in [0.4, 0.5) is 4.39 Å². The van der Waals surface area contributed by atoms with Gasteiger partial charge in [0.2, 0.25) is 0 Å². The van der Waals surface area contributed by atoms with Crippen LogP contribution in [0.2, 0.25) is 4.34 Å². The Morgan fingerprint density at radius 3 is 2.70 bits per heavy atom. The van der Waals surface area contributed by atoms with Crippen LogP contribution in [0.15, 0.2) is 49.1 Å². The highest BCUT2D eigenvalue weighted by molar-refractivity contribution is 7.16. The summed E-state index contributed by atoms with van der Waals surface area (Å²) in [6.45, 7) is 4.37. The van der Waals surface area contributed by atoms with Gasteiger partial charge in [-0.3, -0.25) is 4.79 Å². The Labute approximate surface area is 126 Å². The van der Waals surface area contributed by atoms with E-state index in [0.29, 0.717) is 17.4 Å². The molecule has 5 heteroatoms. The minimum absolute atomic E-state index is 0.0667. The lowest BCUT2D eigenvalue weighted by Crippen LogP contribution is -2.31. The molecule has 0 atom stereocenters. The Kier molecular flexibility index (Phi) is 4.93. The summed E-state index contributed by atoms with van der Waals surface area (Å²) in [6.07, 6.45) is 1.62. The molecule has 0 aliphatic carbocycles. The first kappa shape index (κ1) is 14.8. The molecule has 0 spiro atoms. The van der Waals surface area contributed by atoms with E-state index in [1.807, 2.05) is 6.07 Å². The molecule has 2 aromatic rings. The van der Waals surface area contributed by atoms with Crippen molar-refractivity contribution in [2.24, 2.45) is 0 Å². The topological polar surface area (TPSA) is 20.3 Å². The van der Waals surface area contributed by atoms with E-state index in [4.69, 9.17) is 11.6 Å². The van der Waals surface area contributed by atoms with Gasteiger partial charge in [0.1, 0.15) is 5.82 Å². The average Bonchev–Trinajstić information content (AvgIpc) is 2.83. The van der Waals surface area contributed by atoms with Crippen molar-refractivity contribution < 1.29 is 9.18 Å². The van der Waals surface area contributed by atoms with Gasteiger partial charge in [-0.15, -0.1) is 17.9 Å². The SMILES string of the molecule is C=CCN(Cc1ccc(Cl)s1)C(=O)c1ccccc1F. The molecule has 1 amide bonds. The van der Waals surface area contributed by atoms with Crippen LogP contribution in [-0.2, 0) is 6.54 Å². The number of thiophene rings is 1. The number of benzene rings is 1. The lowest BCUT2D eigenvalue weighted by atomic mass is 10.2. The number of carbonyl (C=O) groups excluding carboxylic acids is 1. The van der Waals surface area contributed by atoms with Crippen LogP contribution in [0.3, 0.4) is 0 Å². The molecule has 1 aromatic carbocycles. The highest BCUT2D eigenvalue weighted by Crippen LogP contribution is 2.23. The van der Waals surface area contributed by atoms with E-state index < -0.39 is 5.82 Å². The molecule has 1 heterocycles. The molecule has 0 aliphatic heterocycles. The number of rotatable bonds is 5. The second kappa shape index (κ2) is 6.68. The van der Waals surface area contributed by atoms with Crippen molar-refractivity contribution in [3.8, 4) is 0 Å². The number of hydrogen-bond acceptors (Lipinski definition) is 2. The van der Waals surface area contributed by atoms with E-state index in [1.54, 1.807) is 24.3 Å². The molecule has 0 unspecified atom stereocenters. The third-order valence-corrected chi connectivity index (χ3v) is 3.93. The van der Waals surface area contributed by atoms with Crippen molar-refractivity contribution in [3.05, 3.63) is 69.6 Å². The first-order valence-electron chi connectivity index (χ1n) is 6.00. The van der Waals surface area contributed by atoms with Crippen LogP contribution < -0.4 is 0 Å². The Hall–Kier alpha value is -1.65. The maximum absolute atomic E-state index is 13.7. The highest BCUT2D eigenvalue weighted by atomic mass is 35.5. The summed E-state index contributed by atoms with van der Waals surface area (Å²) in [7, 11) is 0.